The first kappa shape index (κ1) is 17.4. The van der Waals surface area contributed by atoms with Crippen molar-refractivity contribution in [1.82, 2.24) is 9.97 Å². The predicted molar refractivity (Wildman–Crippen MR) is 96.2 cm³/mol. The summed E-state index contributed by atoms with van der Waals surface area (Å²) in [6, 6.07) is 9.99. The number of aromatic nitrogens is 2. The average molecular weight is 381 g/mol. The number of nitrogens with zero attached hydrogens (tertiary/aromatic N) is 2. The van der Waals surface area contributed by atoms with Crippen molar-refractivity contribution in [1.29, 1.82) is 0 Å². The van der Waals surface area contributed by atoms with Gasteiger partial charge in [-0.25, -0.2) is 13.8 Å². The van der Waals surface area contributed by atoms with Gasteiger partial charge in [0.15, 0.2) is 0 Å². The Morgan fingerprint density at radius 3 is 2.32 bits per heavy atom. The minimum absolute atomic E-state index is 0.0636. The number of rotatable bonds is 4. The number of aryl methyl sites for hydroxylation is 1. The molecule has 128 valence electrons. The fraction of sp³-hybridized carbons (Fsp3) is 0.0588. The van der Waals surface area contributed by atoms with E-state index >= 15 is 0 Å². The van der Waals surface area contributed by atoms with Crippen LogP contribution in [0.1, 0.15) is 5.69 Å². The number of nitrogens with one attached hydrogen (secondary N) is 2. The topological polar surface area (TPSA) is 49.8 Å². The van der Waals surface area contributed by atoms with E-state index in [-0.39, 0.29) is 11.6 Å². The van der Waals surface area contributed by atoms with E-state index in [1.807, 2.05) is 0 Å². The number of hydrogen-bond acceptors (Lipinski definition) is 4. The van der Waals surface area contributed by atoms with Gasteiger partial charge in [-0.05, 0) is 31.2 Å². The molecule has 0 amide bonds. The fourth-order valence-corrected chi connectivity index (χ4v) is 2.64. The first-order chi connectivity index (χ1) is 11.9. The molecule has 4 nitrogen and oxygen atoms in total. The lowest BCUT2D eigenvalue weighted by Gasteiger charge is -2.12. The molecule has 0 unspecified atom stereocenters. The maximum Gasteiger partial charge on any atom is 0.229 e. The van der Waals surface area contributed by atoms with Crippen LogP contribution >= 0.6 is 23.2 Å². The highest BCUT2D eigenvalue weighted by molar-refractivity contribution is 6.39. The molecular formula is C17H12Cl2F2N4. The summed E-state index contributed by atoms with van der Waals surface area (Å²) in [5.74, 6) is -0.832. The van der Waals surface area contributed by atoms with Crippen molar-refractivity contribution in [3.63, 3.8) is 0 Å². The fourth-order valence-electron chi connectivity index (χ4n) is 2.15. The lowest BCUT2D eigenvalue weighted by atomic mass is 10.3. The first-order valence-corrected chi connectivity index (χ1v) is 7.97. The molecule has 3 aromatic rings. The third kappa shape index (κ3) is 4.15. The first-order valence-electron chi connectivity index (χ1n) is 7.21. The van der Waals surface area contributed by atoms with Crippen LogP contribution in [0.2, 0.25) is 10.0 Å². The van der Waals surface area contributed by atoms with E-state index in [1.54, 1.807) is 31.2 Å². The molecule has 0 saturated carbocycles. The van der Waals surface area contributed by atoms with Gasteiger partial charge in [-0.3, -0.25) is 0 Å². The Morgan fingerprint density at radius 1 is 0.920 bits per heavy atom. The highest BCUT2D eigenvalue weighted by Crippen LogP contribution is 2.32. The molecule has 0 radical (unpaired) electrons. The second kappa shape index (κ2) is 7.21. The summed E-state index contributed by atoms with van der Waals surface area (Å²) in [7, 11) is 0. The summed E-state index contributed by atoms with van der Waals surface area (Å²) in [6.45, 7) is 1.76. The molecular weight excluding hydrogens is 369 g/mol. The zero-order valence-electron chi connectivity index (χ0n) is 12.9. The van der Waals surface area contributed by atoms with Gasteiger partial charge >= 0.3 is 0 Å². The molecule has 2 N–H and O–H groups in total. The molecule has 0 bridgehead atoms. The SMILES string of the molecule is Cc1cc(Nc2c(Cl)cccc2Cl)nc(Nc2ccc(F)cc2F)n1. The Bertz CT molecular complexity index is 914. The van der Waals surface area contributed by atoms with Crippen LogP contribution in [0, 0.1) is 18.6 Å². The van der Waals surface area contributed by atoms with Gasteiger partial charge in [0.1, 0.15) is 17.5 Å². The summed E-state index contributed by atoms with van der Waals surface area (Å²) in [5.41, 5.74) is 1.20. The molecule has 0 aliphatic heterocycles. The predicted octanol–water partition coefficient (Wildman–Crippen LogP) is 5.86. The van der Waals surface area contributed by atoms with Gasteiger partial charge in [0.05, 0.1) is 21.4 Å². The Balaban J connectivity index is 1.90. The molecule has 25 heavy (non-hydrogen) atoms. The average Bonchev–Trinajstić information content (AvgIpc) is 2.53. The highest BCUT2D eigenvalue weighted by atomic mass is 35.5. The van der Waals surface area contributed by atoms with Crippen LogP contribution in [0.25, 0.3) is 0 Å². The molecule has 0 saturated heterocycles. The van der Waals surface area contributed by atoms with Gasteiger partial charge in [0, 0.05) is 17.8 Å². The maximum atomic E-state index is 13.8. The molecule has 0 spiro atoms. The zero-order chi connectivity index (χ0) is 18.0. The minimum Gasteiger partial charge on any atom is -0.338 e. The lowest BCUT2D eigenvalue weighted by Crippen LogP contribution is -2.04. The van der Waals surface area contributed by atoms with Crippen LogP contribution in [0.4, 0.5) is 31.9 Å². The number of para-hydroxylation sites is 1. The quantitative estimate of drug-likeness (QED) is 0.595. The second-order valence-electron chi connectivity index (χ2n) is 5.19. The number of benzene rings is 2. The van der Waals surface area contributed by atoms with Crippen molar-refractivity contribution in [2.75, 3.05) is 10.6 Å². The standard InChI is InChI=1S/C17H12Cl2F2N4/c1-9-7-15(24-16-11(18)3-2-4-12(16)19)25-17(22-9)23-14-6-5-10(20)8-13(14)21/h2-8H,1H3,(H2,22,23,24,25). The van der Waals surface area contributed by atoms with Crippen molar-refractivity contribution in [3.05, 3.63) is 69.8 Å². The van der Waals surface area contributed by atoms with Gasteiger partial charge in [0.25, 0.3) is 0 Å². The largest absolute Gasteiger partial charge is 0.338 e. The van der Waals surface area contributed by atoms with E-state index in [4.69, 9.17) is 23.2 Å². The molecule has 0 fully saturated rings. The van der Waals surface area contributed by atoms with Gasteiger partial charge < -0.3 is 10.6 Å². The Hall–Kier alpha value is -2.44. The van der Waals surface area contributed by atoms with E-state index < -0.39 is 11.6 Å². The second-order valence-corrected chi connectivity index (χ2v) is 6.00. The summed E-state index contributed by atoms with van der Waals surface area (Å²) in [5, 5.41) is 6.61. The molecule has 0 atom stereocenters. The van der Waals surface area contributed by atoms with Crippen molar-refractivity contribution < 1.29 is 8.78 Å². The van der Waals surface area contributed by atoms with Gasteiger partial charge in [-0.2, -0.15) is 4.98 Å². The summed E-state index contributed by atoms with van der Waals surface area (Å²) >= 11 is 12.3. The molecule has 8 heteroatoms. The molecule has 1 aromatic heterocycles. The van der Waals surface area contributed by atoms with E-state index in [2.05, 4.69) is 20.6 Å². The summed E-state index contributed by atoms with van der Waals surface area (Å²) < 4.78 is 26.8. The van der Waals surface area contributed by atoms with Crippen molar-refractivity contribution in [2.45, 2.75) is 6.92 Å². The van der Waals surface area contributed by atoms with Crippen LogP contribution in [0.15, 0.2) is 42.5 Å². The Kier molecular flexibility index (Phi) is 5.01. The molecule has 3 rings (SSSR count). The van der Waals surface area contributed by atoms with E-state index in [0.717, 1.165) is 12.1 Å². The van der Waals surface area contributed by atoms with Crippen LogP contribution in [-0.2, 0) is 0 Å². The van der Waals surface area contributed by atoms with E-state index in [9.17, 15) is 8.78 Å². The van der Waals surface area contributed by atoms with Crippen molar-refractivity contribution >= 4 is 46.3 Å². The van der Waals surface area contributed by atoms with Crippen LogP contribution in [0.3, 0.4) is 0 Å². The number of hydrogen-bond donors (Lipinski definition) is 2. The number of halogens is 4. The molecule has 0 aliphatic carbocycles. The molecule has 1 heterocycles. The number of anilines is 4. The van der Waals surface area contributed by atoms with E-state index in [0.29, 0.717) is 27.2 Å². The van der Waals surface area contributed by atoms with Gasteiger partial charge in [-0.1, -0.05) is 29.3 Å². The maximum absolute atomic E-state index is 13.8. The van der Waals surface area contributed by atoms with Crippen molar-refractivity contribution in [3.8, 4) is 0 Å². The summed E-state index contributed by atoms with van der Waals surface area (Å²) in [4.78, 5) is 8.45. The minimum atomic E-state index is -0.742. The highest BCUT2D eigenvalue weighted by Gasteiger charge is 2.10. The Morgan fingerprint density at radius 2 is 1.64 bits per heavy atom. The lowest BCUT2D eigenvalue weighted by molar-refractivity contribution is 0.586. The van der Waals surface area contributed by atoms with Crippen LogP contribution < -0.4 is 10.6 Å². The normalized spacial score (nSPS) is 10.6. The Labute approximate surface area is 152 Å². The van der Waals surface area contributed by atoms with Gasteiger partial charge in [0.2, 0.25) is 5.95 Å². The molecule has 2 aromatic carbocycles. The molecule has 0 aliphatic rings. The van der Waals surface area contributed by atoms with Crippen molar-refractivity contribution in [2.24, 2.45) is 0 Å². The van der Waals surface area contributed by atoms with Gasteiger partial charge in [-0.15, -0.1) is 0 Å². The summed E-state index contributed by atoms with van der Waals surface area (Å²) in [6.07, 6.45) is 0. The monoisotopic (exact) mass is 380 g/mol. The van der Waals surface area contributed by atoms with E-state index in [1.165, 1.54) is 6.07 Å². The zero-order valence-corrected chi connectivity index (χ0v) is 14.5. The smallest absolute Gasteiger partial charge is 0.229 e. The third-order valence-electron chi connectivity index (χ3n) is 3.25. The van der Waals surface area contributed by atoms with Crippen LogP contribution in [0.5, 0.6) is 0 Å². The third-order valence-corrected chi connectivity index (χ3v) is 3.88. The van der Waals surface area contributed by atoms with Crippen LogP contribution in [-0.4, -0.2) is 9.97 Å².